The van der Waals surface area contributed by atoms with Gasteiger partial charge in [0.2, 0.25) is 0 Å². The molecule has 0 saturated heterocycles. The average molecular weight is 288 g/mol. The van der Waals surface area contributed by atoms with Crippen LogP contribution in [0.4, 0.5) is 10.1 Å². The number of carbonyl (C=O) groups is 1. The van der Waals surface area contributed by atoms with Crippen molar-refractivity contribution in [2.24, 2.45) is 5.73 Å². The Bertz CT molecular complexity index is 644. The molecule has 0 radical (unpaired) electrons. The van der Waals surface area contributed by atoms with Gasteiger partial charge in [-0.15, -0.1) is 0 Å². The number of hydrogen-bond donors (Lipinski definition) is 2. The molecule has 0 spiro atoms. The van der Waals surface area contributed by atoms with Gasteiger partial charge in [-0.1, -0.05) is 18.2 Å². The highest BCUT2D eigenvalue weighted by atomic mass is 19.1. The van der Waals surface area contributed by atoms with E-state index in [1.54, 1.807) is 25.1 Å². The molecule has 110 valence electrons. The summed E-state index contributed by atoms with van der Waals surface area (Å²) in [6.45, 7) is 2.05. The third-order valence-corrected chi connectivity index (χ3v) is 2.98. The number of halogens is 1. The lowest BCUT2D eigenvalue weighted by atomic mass is 10.2. The molecule has 2 aromatic carbocycles. The molecule has 3 N–H and O–H groups in total. The molecule has 0 fully saturated rings. The monoisotopic (exact) mass is 288 g/mol. The van der Waals surface area contributed by atoms with Crippen LogP contribution < -0.4 is 15.8 Å². The number of carbonyl (C=O) groups excluding carboxylic acids is 1. The van der Waals surface area contributed by atoms with E-state index in [9.17, 15) is 9.18 Å². The summed E-state index contributed by atoms with van der Waals surface area (Å²) in [5.41, 5.74) is 7.69. The van der Waals surface area contributed by atoms with Gasteiger partial charge < -0.3 is 15.8 Å². The Morgan fingerprint density at radius 1 is 1.29 bits per heavy atom. The lowest BCUT2D eigenvalue weighted by molar-refractivity contribution is -0.118. The summed E-state index contributed by atoms with van der Waals surface area (Å²) < 4.78 is 18.5. The number of nitrogens with two attached hydrogens (primary N) is 1. The third-order valence-electron chi connectivity index (χ3n) is 2.98. The van der Waals surface area contributed by atoms with Crippen LogP contribution in [0, 0.1) is 12.7 Å². The fourth-order valence-corrected chi connectivity index (χ4v) is 1.83. The van der Waals surface area contributed by atoms with Crippen LogP contribution >= 0.6 is 0 Å². The first kappa shape index (κ1) is 15.0. The maximum atomic E-state index is 13.1. The molecular weight excluding hydrogens is 271 g/mol. The Balaban J connectivity index is 1.94. The number of rotatable bonds is 5. The first-order valence-corrected chi connectivity index (χ1v) is 6.56. The van der Waals surface area contributed by atoms with E-state index < -0.39 is 5.82 Å². The highest BCUT2D eigenvalue weighted by molar-refractivity contribution is 5.92. The predicted molar refractivity (Wildman–Crippen MR) is 79.6 cm³/mol. The second-order valence-electron chi connectivity index (χ2n) is 4.65. The highest BCUT2D eigenvalue weighted by Gasteiger charge is 2.07. The van der Waals surface area contributed by atoms with Gasteiger partial charge in [-0.05, 0) is 42.3 Å². The van der Waals surface area contributed by atoms with E-state index in [0.29, 0.717) is 18.0 Å². The van der Waals surface area contributed by atoms with E-state index in [1.807, 2.05) is 12.1 Å². The fourth-order valence-electron chi connectivity index (χ4n) is 1.83. The number of hydrogen-bond acceptors (Lipinski definition) is 3. The zero-order valence-electron chi connectivity index (χ0n) is 11.7. The molecule has 0 aliphatic heterocycles. The van der Waals surface area contributed by atoms with Gasteiger partial charge >= 0.3 is 0 Å². The van der Waals surface area contributed by atoms with Crippen molar-refractivity contribution < 1.29 is 13.9 Å². The van der Waals surface area contributed by atoms with Gasteiger partial charge in [-0.2, -0.15) is 0 Å². The lowest BCUT2D eigenvalue weighted by Gasteiger charge is -2.10. The SMILES string of the molecule is Cc1ccc(F)cc1NC(=O)COc1cccc(CN)c1. The molecule has 0 atom stereocenters. The molecule has 0 unspecified atom stereocenters. The molecule has 2 aromatic rings. The molecule has 0 aromatic heterocycles. The van der Waals surface area contributed by atoms with Crippen molar-refractivity contribution in [3.05, 3.63) is 59.4 Å². The first-order valence-electron chi connectivity index (χ1n) is 6.56. The molecule has 2 rings (SSSR count). The van der Waals surface area contributed by atoms with Crippen molar-refractivity contribution in [3.8, 4) is 5.75 Å². The molecule has 0 heterocycles. The number of anilines is 1. The minimum Gasteiger partial charge on any atom is -0.484 e. The van der Waals surface area contributed by atoms with Gasteiger partial charge in [0.05, 0.1) is 0 Å². The van der Waals surface area contributed by atoms with Crippen LogP contribution in [-0.2, 0) is 11.3 Å². The van der Waals surface area contributed by atoms with E-state index in [1.165, 1.54) is 12.1 Å². The summed E-state index contributed by atoms with van der Waals surface area (Å²) in [6.07, 6.45) is 0. The summed E-state index contributed by atoms with van der Waals surface area (Å²) >= 11 is 0. The summed E-state index contributed by atoms with van der Waals surface area (Å²) in [6, 6.07) is 11.5. The van der Waals surface area contributed by atoms with Gasteiger partial charge in [0.25, 0.3) is 5.91 Å². The van der Waals surface area contributed by atoms with Gasteiger partial charge in [-0.3, -0.25) is 4.79 Å². The number of aryl methyl sites for hydroxylation is 1. The quantitative estimate of drug-likeness (QED) is 0.889. The van der Waals surface area contributed by atoms with E-state index in [-0.39, 0.29) is 12.5 Å². The molecular formula is C16H17FN2O2. The van der Waals surface area contributed by atoms with Crippen molar-refractivity contribution in [2.45, 2.75) is 13.5 Å². The van der Waals surface area contributed by atoms with Gasteiger partial charge in [-0.25, -0.2) is 4.39 Å². The number of benzene rings is 2. The maximum Gasteiger partial charge on any atom is 0.262 e. The van der Waals surface area contributed by atoms with Crippen LogP contribution in [0.3, 0.4) is 0 Å². The molecule has 1 amide bonds. The molecule has 0 saturated carbocycles. The van der Waals surface area contributed by atoms with E-state index in [4.69, 9.17) is 10.5 Å². The Kier molecular flexibility index (Phi) is 4.90. The molecule has 0 bridgehead atoms. The minimum absolute atomic E-state index is 0.149. The van der Waals surface area contributed by atoms with Crippen LogP contribution in [0.15, 0.2) is 42.5 Å². The predicted octanol–water partition coefficient (Wildman–Crippen LogP) is 2.61. The van der Waals surface area contributed by atoms with E-state index in [0.717, 1.165) is 11.1 Å². The molecule has 5 heteroatoms. The zero-order valence-corrected chi connectivity index (χ0v) is 11.7. The molecule has 0 aliphatic rings. The normalized spacial score (nSPS) is 10.2. The van der Waals surface area contributed by atoms with Crippen LogP contribution in [0.25, 0.3) is 0 Å². The first-order chi connectivity index (χ1) is 10.1. The van der Waals surface area contributed by atoms with Crippen molar-refractivity contribution >= 4 is 11.6 Å². The summed E-state index contributed by atoms with van der Waals surface area (Å²) in [7, 11) is 0. The summed E-state index contributed by atoms with van der Waals surface area (Å²) in [4.78, 5) is 11.8. The van der Waals surface area contributed by atoms with Gasteiger partial charge in [0, 0.05) is 12.2 Å². The molecule has 0 aliphatic carbocycles. The summed E-state index contributed by atoms with van der Waals surface area (Å²) in [5, 5.41) is 2.62. The second kappa shape index (κ2) is 6.85. The standard InChI is InChI=1S/C16H17FN2O2/c1-11-5-6-13(17)8-15(11)19-16(20)10-21-14-4-2-3-12(7-14)9-18/h2-8H,9-10,18H2,1H3,(H,19,20). The lowest BCUT2D eigenvalue weighted by Crippen LogP contribution is -2.20. The summed E-state index contributed by atoms with van der Waals surface area (Å²) in [5.74, 6) is -0.168. The fraction of sp³-hybridized carbons (Fsp3) is 0.188. The third kappa shape index (κ3) is 4.29. The molecule has 4 nitrogen and oxygen atoms in total. The van der Waals surface area contributed by atoms with Gasteiger partial charge in [0.15, 0.2) is 6.61 Å². The van der Waals surface area contributed by atoms with Crippen molar-refractivity contribution in [2.75, 3.05) is 11.9 Å². The topological polar surface area (TPSA) is 64.3 Å². The van der Waals surface area contributed by atoms with E-state index >= 15 is 0 Å². The van der Waals surface area contributed by atoms with Crippen molar-refractivity contribution in [1.82, 2.24) is 0 Å². The van der Waals surface area contributed by atoms with Crippen LogP contribution in [0.5, 0.6) is 5.75 Å². The Morgan fingerprint density at radius 2 is 2.10 bits per heavy atom. The second-order valence-corrected chi connectivity index (χ2v) is 4.65. The minimum atomic E-state index is -0.396. The number of ether oxygens (including phenoxy) is 1. The highest BCUT2D eigenvalue weighted by Crippen LogP contribution is 2.16. The Morgan fingerprint density at radius 3 is 2.86 bits per heavy atom. The van der Waals surface area contributed by atoms with Crippen LogP contribution in [-0.4, -0.2) is 12.5 Å². The van der Waals surface area contributed by atoms with Crippen LogP contribution in [0.1, 0.15) is 11.1 Å². The van der Waals surface area contributed by atoms with Crippen molar-refractivity contribution in [1.29, 1.82) is 0 Å². The smallest absolute Gasteiger partial charge is 0.262 e. The van der Waals surface area contributed by atoms with Crippen molar-refractivity contribution in [3.63, 3.8) is 0 Å². The van der Waals surface area contributed by atoms with Crippen LogP contribution in [0.2, 0.25) is 0 Å². The van der Waals surface area contributed by atoms with Gasteiger partial charge in [0.1, 0.15) is 11.6 Å². The largest absolute Gasteiger partial charge is 0.484 e. The Labute approximate surface area is 122 Å². The number of nitrogens with one attached hydrogen (secondary N) is 1. The molecule has 21 heavy (non-hydrogen) atoms. The average Bonchev–Trinajstić information content (AvgIpc) is 2.49. The van der Waals surface area contributed by atoms with E-state index in [2.05, 4.69) is 5.32 Å². The number of amides is 1. The Hall–Kier alpha value is -2.40. The maximum absolute atomic E-state index is 13.1. The zero-order chi connectivity index (χ0) is 15.2.